The first-order valence-electron chi connectivity index (χ1n) is 13.1. The van der Waals surface area contributed by atoms with Gasteiger partial charge in [0.15, 0.2) is 11.6 Å². The highest BCUT2D eigenvalue weighted by Gasteiger charge is 2.49. The summed E-state index contributed by atoms with van der Waals surface area (Å²) in [6, 6.07) is 18.6. The number of halogens is 2. The van der Waals surface area contributed by atoms with Crippen molar-refractivity contribution in [3.05, 3.63) is 95.1 Å². The molecule has 2 N–H and O–H groups in total. The summed E-state index contributed by atoms with van der Waals surface area (Å²) in [6.45, 7) is 2.15. The summed E-state index contributed by atoms with van der Waals surface area (Å²) in [7, 11) is 1.60. The number of hydrogen-bond donors (Lipinski definition) is 2. The molecule has 2 heterocycles. The number of hydrogen-bond acceptors (Lipinski definition) is 4. The van der Waals surface area contributed by atoms with Crippen LogP contribution in [0.15, 0.2) is 66.7 Å². The number of carbonyl (C=O) groups excluding carboxylic acids is 1. The van der Waals surface area contributed by atoms with Crippen molar-refractivity contribution >= 4 is 11.7 Å². The first-order valence-corrected chi connectivity index (χ1v) is 13.1. The highest BCUT2D eigenvalue weighted by molar-refractivity contribution is 5.89. The van der Waals surface area contributed by atoms with Crippen molar-refractivity contribution in [1.82, 2.24) is 9.80 Å². The van der Waals surface area contributed by atoms with E-state index in [1.807, 2.05) is 53.4 Å². The number of nitrogens with zero attached hydrogens (tertiary/aromatic N) is 2. The molecule has 5 rings (SSSR count). The third kappa shape index (κ3) is 5.90. The van der Waals surface area contributed by atoms with E-state index in [1.54, 1.807) is 7.11 Å². The van der Waals surface area contributed by atoms with Gasteiger partial charge in [-0.15, -0.1) is 0 Å². The van der Waals surface area contributed by atoms with Crippen molar-refractivity contribution in [2.45, 2.75) is 30.8 Å². The largest absolute Gasteiger partial charge is 0.497 e. The Morgan fingerprint density at radius 3 is 2.36 bits per heavy atom. The number of amides is 2. The van der Waals surface area contributed by atoms with E-state index in [-0.39, 0.29) is 30.6 Å². The molecule has 0 bridgehead atoms. The number of anilines is 1. The molecule has 2 amide bonds. The fraction of sp³-hybridized carbons (Fsp3) is 0.323. The minimum absolute atomic E-state index is 0.0151. The molecule has 2 fully saturated rings. The maximum atomic E-state index is 13.5. The van der Waals surface area contributed by atoms with Crippen molar-refractivity contribution in [1.29, 1.82) is 0 Å². The number of aliphatic hydroxyl groups excluding tert-OH is 1. The molecule has 0 unspecified atom stereocenters. The maximum Gasteiger partial charge on any atom is 0.321 e. The highest BCUT2D eigenvalue weighted by atomic mass is 19.2. The topological polar surface area (TPSA) is 65.0 Å². The Morgan fingerprint density at radius 2 is 1.67 bits per heavy atom. The standard InChI is InChI=1S/C31H31F2N3O3/c1-39-25-13-11-24(12-14-25)34-31(38)35-16-2-3-17-36-28(19-35)30(29(36)20-37)23-9-6-21(7-10-23)4-5-22-8-15-26(32)27(33)18-22/h6-15,18,28-30,37H,2-3,16-17,19-20H2,1H3,(H,34,38)/t28-,29+,30+/m0/s1. The Labute approximate surface area is 227 Å². The lowest BCUT2D eigenvalue weighted by Gasteiger charge is -2.57. The first-order chi connectivity index (χ1) is 19.0. The fourth-order valence-corrected chi connectivity index (χ4v) is 5.51. The molecule has 2 saturated heterocycles. The number of nitrogens with one attached hydrogen (secondary N) is 1. The second kappa shape index (κ2) is 11.9. The number of carbonyl (C=O) groups is 1. The van der Waals surface area contributed by atoms with Crippen molar-refractivity contribution in [3.63, 3.8) is 0 Å². The van der Waals surface area contributed by atoms with Crippen LogP contribution in [-0.4, -0.2) is 66.4 Å². The number of aliphatic hydroxyl groups is 1. The predicted molar refractivity (Wildman–Crippen MR) is 146 cm³/mol. The average molecular weight is 532 g/mol. The lowest BCUT2D eigenvalue weighted by Crippen LogP contribution is -2.68. The van der Waals surface area contributed by atoms with Gasteiger partial charge in [0.1, 0.15) is 5.75 Å². The smallest absolute Gasteiger partial charge is 0.321 e. The highest BCUT2D eigenvalue weighted by Crippen LogP contribution is 2.42. The number of benzene rings is 3. The fourth-order valence-electron chi connectivity index (χ4n) is 5.51. The van der Waals surface area contributed by atoms with Crippen LogP contribution >= 0.6 is 0 Å². The zero-order valence-electron chi connectivity index (χ0n) is 21.7. The van der Waals surface area contributed by atoms with Gasteiger partial charge in [0.25, 0.3) is 0 Å². The van der Waals surface area contributed by atoms with Crippen LogP contribution < -0.4 is 10.1 Å². The van der Waals surface area contributed by atoms with E-state index in [4.69, 9.17) is 4.74 Å². The number of methoxy groups -OCH3 is 1. The molecule has 0 spiro atoms. The summed E-state index contributed by atoms with van der Waals surface area (Å²) in [5.74, 6) is 4.83. The van der Waals surface area contributed by atoms with Crippen molar-refractivity contribution in [2.24, 2.45) is 0 Å². The Balaban J connectivity index is 1.30. The molecule has 0 radical (unpaired) electrons. The molecular formula is C31H31F2N3O3. The third-order valence-corrected chi connectivity index (χ3v) is 7.56. The normalized spacial score (nSPS) is 20.9. The molecule has 3 aromatic rings. The van der Waals surface area contributed by atoms with Gasteiger partial charge in [0.05, 0.1) is 13.7 Å². The Bertz CT molecular complexity index is 1370. The lowest BCUT2D eigenvalue weighted by molar-refractivity contribution is -0.0585. The van der Waals surface area contributed by atoms with Gasteiger partial charge in [0.2, 0.25) is 0 Å². The number of fused-ring (bicyclic) bond motifs is 1. The van der Waals surface area contributed by atoms with Crippen LogP contribution in [0.3, 0.4) is 0 Å². The quantitative estimate of drug-likeness (QED) is 0.474. The van der Waals surface area contributed by atoms with Gasteiger partial charge in [-0.3, -0.25) is 4.90 Å². The number of rotatable bonds is 4. The monoisotopic (exact) mass is 531 g/mol. The van der Waals surface area contributed by atoms with E-state index in [9.17, 15) is 18.7 Å². The molecule has 3 aromatic carbocycles. The van der Waals surface area contributed by atoms with Gasteiger partial charge < -0.3 is 20.1 Å². The van der Waals surface area contributed by atoms with E-state index < -0.39 is 11.6 Å². The van der Waals surface area contributed by atoms with E-state index in [0.29, 0.717) is 24.3 Å². The summed E-state index contributed by atoms with van der Waals surface area (Å²) in [6.07, 6.45) is 1.85. The summed E-state index contributed by atoms with van der Waals surface area (Å²) in [5, 5.41) is 13.2. The van der Waals surface area contributed by atoms with Gasteiger partial charge in [-0.1, -0.05) is 24.0 Å². The van der Waals surface area contributed by atoms with Gasteiger partial charge >= 0.3 is 6.03 Å². The molecule has 2 aliphatic heterocycles. The summed E-state index contributed by atoms with van der Waals surface area (Å²) in [4.78, 5) is 17.4. The Morgan fingerprint density at radius 1 is 0.974 bits per heavy atom. The molecular weight excluding hydrogens is 500 g/mol. The van der Waals surface area contributed by atoms with E-state index in [2.05, 4.69) is 22.1 Å². The molecule has 8 heteroatoms. The maximum absolute atomic E-state index is 13.5. The third-order valence-electron chi connectivity index (χ3n) is 7.56. The van der Waals surface area contributed by atoms with Gasteiger partial charge in [0, 0.05) is 47.9 Å². The van der Waals surface area contributed by atoms with E-state index >= 15 is 0 Å². The zero-order chi connectivity index (χ0) is 27.4. The average Bonchev–Trinajstić information content (AvgIpc) is 2.94. The molecule has 0 aliphatic carbocycles. The number of ether oxygens (including phenoxy) is 1. The van der Waals surface area contributed by atoms with Crippen molar-refractivity contribution in [2.75, 3.05) is 38.7 Å². The summed E-state index contributed by atoms with van der Waals surface area (Å²) >= 11 is 0. The lowest BCUT2D eigenvalue weighted by atomic mass is 9.74. The Kier molecular flexibility index (Phi) is 8.10. The van der Waals surface area contributed by atoms with Gasteiger partial charge in [-0.05, 0) is 79.5 Å². The van der Waals surface area contributed by atoms with E-state index in [0.717, 1.165) is 48.4 Å². The van der Waals surface area contributed by atoms with Crippen LogP contribution in [-0.2, 0) is 0 Å². The summed E-state index contributed by atoms with van der Waals surface area (Å²) < 4.78 is 31.8. The van der Waals surface area contributed by atoms with Crippen LogP contribution in [0.2, 0.25) is 0 Å². The molecule has 2 aliphatic rings. The van der Waals surface area contributed by atoms with Crippen molar-refractivity contribution in [3.8, 4) is 17.6 Å². The predicted octanol–water partition coefficient (Wildman–Crippen LogP) is 4.83. The molecule has 0 aromatic heterocycles. The minimum Gasteiger partial charge on any atom is -0.497 e. The van der Waals surface area contributed by atoms with Crippen LogP contribution in [0.25, 0.3) is 0 Å². The molecule has 6 nitrogen and oxygen atoms in total. The summed E-state index contributed by atoms with van der Waals surface area (Å²) in [5.41, 5.74) is 2.93. The SMILES string of the molecule is COc1ccc(NC(=O)N2CCCCN3[C@H](CO)[C@H](c4ccc(C#Cc5ccc(F)c(F)c5)cc4)[C@@H]3C2)cc1. The second-order valence-corrected chi connectivity index (χ2v) is 9.89. The molecule has 3 atom stereocenters. The molecule has 202 valence electrons. The molecule has 0 saturated carbocycles. The minimum atomic E-state index is -0.923. The van der Waals surface area contributed by atoms with E-state index in [1.165, 1.54) is 6.07 Å². The van der Waals surface area contributed by atoms with Crippen LogP contribution in [0, 0.1) is 23.5 Å². The first kappa shape index (κ1) is 26.7. The molecule has 39 heavy (non-hydrogen) atoms. The van der Waals surface area contributed by atoms with Crippen LogP contribution in [0.1, 0.15) is 35.4 Å². The van der Waals surface area contributed by atoms with Crippen molar-refractivity contribution < 1.29 is 23.4 Å². The van der Waals surface area contributed by atoms with Gasteiger partial charge in [-0.2, -0.15) is 0 Å². The zero-order valence-corrected chi connectivity index (χ0v) is 21.7. The Hall–Kier alpha value is -3.93. The van der Waals surface area contributed by atoms with Crippen LogP contribution in [0.4, 0.5) is 19.3 Å². The van der Waals surface area contributed by atoms with Crippen LogP contribution in [0.5, 0.6) is 5.75 Å². The number of urea groups is 1. The second-order valence-electron chi connectivity index (χ2n) is 9.89. The van der Waals surface area contributed by atoms with Gasteiger partial charge in [-0.25, -0.2) is 13.6 Å².